The fourth-order valence-corrected chi connectivity index (χ4v) is 2.53. The van der Waals surface area contributed by atoms with Gasteiger partial charge in [0, 0.05) is 19.0 Å². The van der Waals surface area contributed by atoms with Gasteiger partial charge in [-0.05, 0) is 23.6 Å². The molecular formula is C18H27NO5. The number of ether oxygens (including phenoxy) is 2. The summed E-state index contributed by atoms with van der Waals surface area (Å²) < 4.78 is 10.4. The Morgan fingerprint density at radius 1 is 1.08 bits per heavy atom. The van der Waals surface area contributed by atoms with Crippen LogP contribution in [0, 0.1) is 5.92 Å². The van der Waals surface area contributed by atoms with Gasteiger partial charge >= 0.3 is 5.97 Å². The van der Waals surface area contributed by atoms with Crippen LogP contribution in [-0.2, 0) is 16.1 Å². The Bertz CT molecular complexity index is 532. The smallest absolute Gasteiger partial charge is 0.323 e. The molecule has 0 saturated carbocycles. The van der Waals surface area contributed by atoms with Crippen LogP contribution < -0.4 is 9.47 Å². The van der Waals surface area contributed by atoms with Gasteiger partial charge in [-0.3, -0.25) is 9.59 Å². The molecule has 1 aromatic carbocycles. The summed E-state index contributed by atoms with van der Waals surface area (Å²) in [7, 11) is 3.09. The average molecular weight is 337 g/mol. The van der Waals surface area contributed by atoms with Gasteiger partial charge in [0.15, 0.2) is 0 Å². The Labute approximate surface area is 143 Å². The number of aliphatic carboxylic acids is 1. The molecule has 0 heterocycles. The van der Waals surface area contributed by atoms with E-state index in [-0.39, 0.29) is 24.9 Å². The van der Waals surface area contributed by atoms with Crippen molar-refractivity contribution in [2.75, 3.05) is 20.8 Å². The van der Waals surface area contributed by atoms with Gasteiger partial charge in [0.25, 0.3) is 0 Å². The maximum absolute atomic E-state index is 12.5. The summed E-state index contributed by atoms with van der Waals surface area (Å²) >= 11 is 0. The lowest BCUT2D eigenvalue weighted by atomic mass is 9.98. The Balaban J connectivity index is 2.96. The van der Waals surface area contributed by atoms with Crippen LogP contribution in [0.3, 0.4) is 0 Å². The quantitative estimate of drug-likeness (QED) is 0.710. The highest BCUT2D eigenvalue weighted by molar-refractivity contribution is 5.81. The van der Waals surface area contributed by atoms with E-state index in [0.29, 0.717) is 17.9 Å². The lowest BCUT2D eigenvalue weighted by Gasteiger charge is -2.23. The minimum Gasteiger partial charge on any atom is -0.497 e. The zero-order valence-electron chi connectivity index (χ0n) is 14.9. The molecule has 1 rings (SSSR count). The molecule has 1 N–H and O–H groups in total. The number of carbonyl (C=O) groups is 2. The number of rotatable bonds is 10. The van der Waals surface area contributed by atoms with E-state index >= 15 is 0 Å². The van der Waals surface area contributed by atoms with Gasteiger partial charge in [-0.15, -0.1) is 0 Å². The first-order chi connectivity index (χ1) is 11.4. The maximum Gasteiger partial charge on any atom is 0.323 e. The summed E-state index contributed by atoms with van der Waals surface area (Å²) in [6.45, 7) is 3.96. The number of carboxylic acid groups (broad SMARTS) is 1. The number of amides is 1. The molecule has 0 aromatic heterocycles. The standard InChI is InChI=1S/C18H27NO5/c1-5-13(6-2)9-17(20)19(12-18(21)22)11-14-7-15(23-3)10-16(8-14)24-4/h7-8,10,13H,5-6,9,11-12H2,1-4H3,(H,21,22). The molecule has 0 spiro atoms. The van der Waals surface area contributed by atoms with Gasteiger partial charge in [0.05, 0.1) is 14.2 Å². The van der Waals surface area contributed by atoms with E-state index in [0.717, 1.165) is 18.4 Å². The summed E-state index contributed by atoms with van der Waals surface area (Å²) in [5.41, 5.74) is 0.769. The number of hydrogen-bond donors (Lipinski definition) is 1. The Morgan fingerprint density at radius 2 is 1.62 bits per heavy atom. The average Bonchev–Trinajstić information content (AvgIpc) is 2.57. The second-order valence-electron chi connectivity index (χ2n) is 5.75. The molecular weight excluding hydrogens is 310 g/mol. The first kappa shape index (κ1) is 19.8. The number of methoxy groups -OCH3 is 2. The second kappa shape index (κ2) is 9.80. The third-order valence-corrected chi connectivity index (χ3v) is 4.08. The minimum atomic E-state index is -1.03. The highest BCUT2D eigenvalue weighted by atomic mass is 16.5. The molecule has 0 saturated heterocycles. The zero-order chi connectivity index (χ0) is 18.1. The number of carbonyl (C=O) groups excluding carboxylic acids is 1. The summed E-state index contributed by atoms with van der Waals surface area (Å²) in [5, 5.41) is 9.12. The number of nitrogens with zero attached hydrogens (tertiary/aromatic N) is 1. The molecule has 6 nitrogen and oxygen atoms in total. The van der Waals surface area contributed by atoms with Gasteiger partial charge in [0.2, 0.25) is 5.91 Å². The molecule has 0 aliphatic carbocycles. The summed E-state index contributed by atoms with van der Waals surface area (Å²) in [4.78, 5) is 25.0. The summed E-state index contributed by atoms with van der Waals surface area (Å²) in [6.07, 6.45) is 2.16. The van der Waals surface area contributed by atoms with Crippen LogP contribution in [0.4, 0.5) is 0 Å². The third-order valence-electron chi connectivity index (χ3n) is 4.08. The third kappa shape index (κ3) is 6.10. The molecule has 134 valence electrons. The van der Waals surface area contributed by atoms with E-state index in [1.165, 1.54) is 4.90 Å². The van der Waals surface area contributed by atoms with E-state index in [4.69, 9.17) is 14.6 Å². The van der Waals surface area contributed by atoms with Crippen molar-refractivity contribution in [1.29, 1.82) is 0 Å². The van der Waals surface area contributed by atoms with Crippen molar-refractivity contribution >= 4 is 11.9 Å². The number of benzene rings is 1. The topological polar surface area (TPSA) is 76.1 Å². The maximum atomic E-state index is 12.5. The van der Waals surface area contributed by atoms with Crippen molar-refractivity contribution in [3.05, 3.63) is 23.8 Å². The molecule has 0 radical (unpaired) electrons. The Hall–Kier alpha value is -2.24. The van der Waals surface area contributed by atoms with Crippen molar-refractivity contribution in [3.8, 4) is 11.5 Å². The van der Waals surface area contributed by atoms with Gasteiger partial charge in [-0.2, -0.15) is 0 Å². The van der Waals surface area contributed by atoms with Crippen molar-refractivity contribution < 1.29 is 24.2 Å². The van der Waals surface area contributed by atoms with Crippen molar-refractivity contribution in [2.45, 2.75) is 39.7 Å². The summed E-state index contributed by atoms with van der Waals surface area (Å²) in [5.74, 6) is 0.309. The molecule has 6 heteroatoms. The molecule has 0 unspecified atom stereocenters. The largest absolute Gasteiger partial charge is 0.497 e. The number of carboxylic acids is 1. The SMILES string of the molecule is CCC(CC)CC(=O)N(CC(=O)O)Cc1cc(OC)cc(OC)c1. The second-order valence-corrected chi connectivity index (χ2v) is 5.75. The van der Waals surface area contributed by atoms with Crippen molar-refractivity contribution in [3.63, 3.8) is 0 Å². The minimum absolute atomic E-state index is 0.145. The van der Waals surface area contributed by atoms with Gasteiger partial charge in [0.1, 0.15) is 18.0 Å². The lowest BCUT2D eigenvalue weighted by Crippen LogP contribution is -2.36. The predicted molar refractivity (Wildman–Crippen MR) is 91.3 cm³/mol. The highest BCUT2D eigenvalue weighted by Crippen LogP contribution is 2.24. The van der Waals surface area contributed by atoms with Crippen LogP contribution in [0.2, 0.25) is 0 Å². The van der Waals surface area contributed by atoms with Gasteiger partial charge in [-0.1, -0.05) is 26.7 Å². The van der Waals surface area contributed by atoms with Crippen molar-refractivity contribution in [2.24, 2.45) is 5.92 Å². The van der Waals surface area contributed by atoms with Crippen LogP contribution in [0.15, 0.2) is 18.2 Å². The van der Waals surface area contributed by atoms with E-state index in [2.05, 4.69) is 0 Å². The van der Waals surface area contributed by atoms with Crippen LogP contribution in [-0.4, -0.2) is 42.6 Å². The van der Waals surface area contributed by atoms with Crippen LogP contribution in [0.25, 0.3) is 0 Å². The molecule has 0 fully saturated rings. The first-order valence-corrected chi connectivity index (χ1v) is 8.14. The van der Waals surface area contributed by atoms with Gasteiger partial charge in [-0.25, -0.2) is 0 Å². The van der Waals surface area contributed by atoms with Gasteiger partial charge < -0.3 is 19.5 Å². The lowest BCUT2D eigenvalue weighted by molar-refractivity contribution is -0.145. The summed E-state index contributed by atoms with van der Waals surface area (Å²) in [6, 6.07) is 5.29. The van der Waals surface area contributed by atoms with Crippen LogP contribution >= 0.6 is 0 Å². The van der Waals surface area contributed by atoms with E-state index in [9.17, 15) is 9.59 Å². The predicted octanol–water partition coefficient (Wildman–Crippen LogP) is 2.94. The number of hydrogen-bond acceptors (Lipinski definition) is 4. The molecule has 1 aromatic rings. The molecule has 1 amide bonds. The first-order valence-electron chi connectivity index (χ1n) is 8.14. The van der Waals surface area contributed by atoms with E-state index in [1.807, 2.05) is 13.8 Å². The molecule has 0 atom stereocenters. The monoisotopic (exact) mass is 337 g/mol. The fourth-order valence-electron chi connectivity index (χ4n) is 2.53. The van der Waals surface area contributed by atoms with Crippen LogP contribution in [0.1, 0.15) is 38.7 Å². The van der Waals surface area contributed by atoms with Crippen LogP contribution in [0.5, 0.6) is 11.5 Å². The normalized spacial score (nSPS) is 10.5. The molecule has 0 bridgehead atoms. The Kier molecular flexibility index (Phi) is 8.09. The molecule has 0 aliphatic heterocycles. The fraction of sp³-hybridized carbons (Fsp3) is 0.556. The Morgan fingerprint density at radius 3 is 2.04 bits per heavy atom. The van der Waals surface area contributed by atoms with E-state index < -0.39 is 5.97 Å². The molecule has 0 aliphatic rings. The van der Waals surface area contributed by atoms with Crippen molar-refractivity contribution in [1.82, 2.24) is 4.90 Å². The molecule has 24 heavy (non-hydrogen) atoms. The van der Waals surface area contributed by atoms with E-state index in [1.54, 1.807) is 32.4 Å². The highest BCUT2D eigenvalue weighted by Gasteiger charge is 2.20. The zero-order valence-corrected chi connectivity index (χ0v) is 14.9.